The van der Waals surface area contributed by atoms with E-state index in [2.05, 4.69) is 10.4 Å². The molecule has 0 bridgehead atoms. The van der Waals surface area contributed by atoms with E-state index in [1.807, 2.05) is 24.3 Å². The molecule has 7 nitrogen and oxygen atoms in total. The number of rotatable bonds is 7. The fourth-order valence-electron chi connectivity index (χ4n) is 2.91. The molecule has 0 aliphatic carbocycles. The Balaban J connectivity index is 1.82. The molecular formula is C21H20ClN3O4. The van der Waals surface area contributed by atoms with Crippen molar-refractivity contribution in [2.24, 2.45) is 0 Å². The molecule has 0 spiro atoms. The summed E-state index contributed by atoms with van der Waals surface area (Å²) in [6, 6.07) is 14.2. The molecule has 29 heavy (non-hydrogen) atoms. The largest absolute Gasteiger partial charge is 0.496 e. The van der Waals surface area contributed by atoms with E-state index >= 15 is 0 Å². The maximum absolute atomic E-state index is 12.7. The predicted octanol–water partition coefficient (Wildman–Crippen LogP) is 3.34. The van der Waals surface area contributed by atoms with Gasteiger partial charge in [0, 0.05) is 6.54 Å². The SMILES string of the molecule is COC(=O)c1ccccc1-n1ncc(NCCc2ccccc2OC)c(Cl)c1=O. The number of anilines is 1. The van der Waals surface area contributed by atoms with Crippen LogP contribution >= 0.6 is 11.6 Å². The van der Waals surface area contributed by atoms with E-state index in [4.69, 9.17) is 21.1 Å². The van der Waals surface area contributed by atoms with Gasteiger partial charge in [0.05, 0.1) is 37.4 Å². The van der Waals surface area contributed by atoms with Gasteiger partial charge in [0.25, 0.3) is 5.56 Å². The van der Waals surface area contributed by atoms with Crippen LogP contribution in [0.25, 0.3) is 5.69 Å². The number of carbonyl (C=O) groups is 1. The van der Waals surface area contributed by atoms with Gasteiger partial charge in [-0.1, -0.05) is 41.9 Å². The second-order valence-electron chi connectivity index (χ2n) is 6.09. The van der Waals surface area contributed by atoms with Gasteiger partial charge < -0.3 is 14.8 Å². The monoisotopic (exact) mass is 413 g/mol. The molecule has 150 valence electrons. The van der Waals surface area contributed by atoms with Crippen molar-refractivity contribution in [3.8, 4) is 11.4 Å². The van der Waals surface area contributed by atoms with Crippen LogP contribution in [-0.4, -0.2) is 36.5 Å². The molecule has 0 atom stereocenters. The molecule has 2 aromatic carbocycles. The summed E-state index contributed by atoms with van der Waals surface area (Å²) in [5.74, 6) is 0.234. The minimum atomic E-state index is -0.565. The second kappa shape index (κ2) is 9.25. The van der Waals surface area contributed by atoms with Crippen LogP contribution in [0.1, 0.15) is 15.9 Å². The van der Waals surface area contributed by atoms with Crippen molar-refractivity contribution in [1.29, 1.82) is 0 Å². The van der Waals surface area contributed by atoms with Crippen LogP contribution in [0.2, 0.25) is 5.02 Å². The van der Waals surface area contributed by atoms with Gasteiger partial charge in [-0.05, 0) is 30.2 Å². The molecule has 1 heterocycles. The van der Waals surface area contributed by atoms with Crippen LogP contribution in [0.5, 0.6) is 5.75 Å². The number of methoxy groups -OCH3 is 2. The van der Waals surface area contributed by atoms with Gasteiger partial charge in [0.1, 0.15) is 10.8 Å². The summed E-state index contributed by atoms with van der Waals surface area (Å²) < 4.78 is 11.2. The summed E-state index contributed by atoms with van der Waals surface area (Å²) in [4.78, 5) is 24.7. The van der Waals surface area contributed by atoms with Crippen LogP contribution in [0.15, 0.2) is 59.5 Å². The third-order valence-electron chi connectivity index (χ3n) is 4.36. The van der Waals surface area contributed by atoms with Gasteiger partial charge >= 0.3 is 5.97 Å². The van der Waals surface area contributed by atoms with Crippen molar-refractivity contribution in [1.82, 2.24) is 9.78 Å². The molecule has 0 unspecified atom stereocenters. The van der Waals surface area contributed by atoms with Gasteiger partial charge in [0.2, 0.25) is 0 Å². The molecule has 1 aromatic heterocycles. The first kappa shape index (κ1) is 20.4. The minimum absolute atomic E-state index is 0.0142. The van der Waals surface area contributed by atoms with Gasteiger partial charge in [0.15, 0.2) is 0 Å². The molecule has 1 N–H and O–H groups in total. The number of esters is 1. The Hall–Kier alpha value is -3.32. The number of para-hydroxylation sites is 2. The Kier molecular flexibility index (Phi) is 6.51. The molecule has 0 saturated heterocycles. The van der Waals surface area contributed by atoms with Crippen molar-refractivity contribution in [2.75, 3.05) is 26.1 Å². The molecule has 0 aliphatic rings. The summed E-state index contributed by atoms with van der Waals surface area (Å²) in [6.45, 7) is 0.532. The lowest BCUT2D eigenvalue weighted by Crippen LogP contribution is -2.25. The molecule has 3 rings (SSSR count). The quantitative estimate of drug-likeness (QED) is 0.598. The first-order chi connectivity index (χ1) is 14.1. The van der Waals surface area contributed by atoms with Crippen LogP contribution in [0.4, 0.5) is 5.69 Å². The van der Waals surface area contributed by atoms with E-state index < -0.39 is 11.5 Å². The topological polar surface area (TPSA) is 82.5 Å². The number of benzene rings is 2. The second-order valence-corrected chi connectivity index (χ2v) is 6.46. The Labute approximate surface area is 172 Å². The Morgan fingerprint density at radius 3 is 2.62 bits per heavy atom. The fourth-order valence-corrected chi connectivity index (χ4v) is 3.11. The first-order valence-corrected chi connectivity index (χ1v) is 9.26. The number of hydrogen-bond donors (Lipinski definition) is 1. The van der Waals surface area contributed by atoms with E-state index in [1.54, 1.807) is 31.4 Å². The highest BCUT2D eigenvalue weighted by Crippen LogP contribution is 2.21. The lowest BCUT2D eigenvalue weighted by atomic mass is 10.1. The lowest BCUT2D eigenvalue weighted by molar-refractivity contribution is 0.0600. The van der Waals surface area contributed by atoms with Gasteiger partial charge in [-0.3, -0.25) is 4.79 Å². The standard InChI is InChI=1S/C21H20ClN3O4/c1-28-18-10-6-3-7-14(18)11-12-23-16-13-24-25(20(26)19(16)22)17-9-5-4-8-15(17)21(27)29-2/h3-10,13,23H,11-12H2,1-2H3. The van der Waals surface area contributed by atoms with Crippen LogP contribution in [0.3, 0.4) is 0 Å². The predicted molar refractivity (Wildman–Crippen MR) is 111 cm³/mol. The summed E-state index contributed by atoms with van der Waals surface area (Å²) in [6.07, 6.45) is 2.13. The molecule has 0 saturated carbocycles. The average Bonchev–Trinajstić information content (AvgIpc) is 2.76. The number of halogens is 1. The number of hydrogen-bond acceptors (Lipinski definition) is 6. The Morgan fingerprint density at radius 1 is 1.14 bits per heavy atom. The molecule has 0 fully saturated rings. The third-order valence-corrected chi connectivity index (χ3v) is 4.72. The van der Waals surface area contributed by atoms with Gasteiger partial charge in [-0.2, -0.15) is 9.78 Å². The average molecular weight is 414 g/mol. The van der Waals surface area contributed by atoms with Crippen LogP contribution in [0, 0.1) is 0 Å². The third kappa shape index (κ3) is 4.41. The van der Waals surface area contributed by atoms with Crippen LogP contribution in [-0.2, 0) is 11.2 Å². The summed E-state index contributed by atoms with van der Waals surface area (Å²) in [5, 5.41) is 7.28. The van der Waals surface area contributed by atoms with Gasteiger partial charge in [-0.15, -0.1) is 0 Å². The van der Waals surface area contributed by atoms with Crippen molar-refractivity contribution in [3.05, 3.63) is 81.2 Å². The Morgan fingerprint density at radius 2 is 1.86 bits per heavy atom. The zero-order chi connectivity index (χ0) is 20.8. The number of aromatic nitrogens is 2. The molecular weight excluding hydrogens is 394 g/mol. The fraction of sp³-hybridized carbons (Fsp3) is 0.190. The summed E-state index contributed by atoms with van der Waals surface area (Å²) in [7, 11) is 2.90. The zero-order valence-electron chi connectivity index (χ0n) is 16.0. The number of nitrogens with zero attached hydrogens (tertiary/aromatic N) is 2. The van der Waals surface area contributed by atoms with E-state index in [0.29, 0.717) is 24.3 Å². The van der Waals surface area contributed by atoms with E-state index in [9.17, 15) is 9.59 Å². The zero-order valence-corrected chi connectivity index (χ0v) is 16.8. The van der Waals surface area contributed by atoms with Crippen LogP contribution < -0.4 is 15.6 Å². The van der Waals surface area contributed by atoms with Gasteiger partial charge in [-0.25, -0.2) is 4.79 Å². The number of carbonyl (C=O) groups excluding carboxylic acids is 1. The molecule has 0 aliphatic heterocycles. The normalized spacial score (nSPS) is 10.4. The highest BCUT2D eigenvalue weighted by molar-refractivity contribution is 6.33. The van der Waals surface area contributed by atoms with E-state index in [1.165, 1.54) is 13.3 Å². The number of nitrogens with one attached hydrogen (secondary N) is 1. The molecule has 0 amide bonds. The smallest absolute Gasteiger partial charge is 0.340 e. The molecule has 0 radical (unpaired) electrons. The van der Waals surface area contributed by atoms with Crippen molar-refractivity contribution in [2.45, 2.75) is 6.42 Å². The Bertz CT molecular complexity index is 1080. The van der Waals surface area contributed by atoms with Crippen molar-refractivity contribution >= 4 is 23.3 Å². The maximum atomic E-state index is 12.7. The van der Waals surface area contributed by atoms with E-state index in [-0.39, 0.29) is 10.6 Å². The van der Waals surface area contributed by atoms with E-state index in [0.717, 1.165) is 16.0 Å². The lowest BCUT2D eigenvalue weighted by Gasteiger charge is -2.13. The first-order valence-electron chi connectivity index (χ1n) is 8.88. The van der Waals surface area contributed by atoms with Crippen molar-refractivity contribution in [3.63, 3.8) is 0 Å². The summed E-state index contributed by atoms with van der Waals surface area (Å²) in [5.41, 5.74) is 1.43. The highest BCUT2D eigenvalue weighted by Gasteiger charge is 2.17. The van der Waals surface area contributed by atoms with Crippen molar-refractivity contribution < 1.29 is 14.3 Å². The summed E-state index contributed by atoms with van der Waals surface area (Å²) >= 11 is 6.28. The highest BCUT2D eigenvalue weighted by atomic mass is 35.5. The number of ether oxygens (including phenoxy) is 2. The minimum Gasteiger partial charge on any atom is -0.496 e. The molecule has 8 heteroatoms. The molecule has 3 aromatic rings. The maximum Gasteiger partial charge on any atom is 0.340 e.